The molecule has 4 rings (SSSR count). The van der Waals surface area contributed by atoms with E-state index in [1.807, 2.05) is 0 Å². The Kier molecular flexibility index (Phi) is 4.34. The lowest BCUT2D eigenvalue weighted by molar-refractivity contribution is 0.0516. The molecule has 1 aromatic heterocycles. The fraction of sp³-hybridized carbons (Fsp3) is 0.400. The number of nitrogens with zero attached hydrogens (tertiary/aromatic N) is 1. The predicted molar refractivity (Wildman–Crippen MR) is 91.0 cm³/mol. The van der Waals surface area contributed by atoms with Crippen molar-refractivity contribution in [1.29, 1.82) is 0 Å². The number of carbonyl (C=O) groups is 1. The lowest BCUT2D eigenvalue weighted by Gasteiger charge is -2.27. The summed E-state index contributed by atoms with van der Waals surface area (Å²) < 4.78 is 38.8. The van der Waals surface area contributed by atoms with Crippen LogP contribution in [0.5, 0.6) is 5.88 Å². The van der Waals surface area contributed by atoms with Gasteiger partial charge in [-0.05, 0) is 62.3 Å². The molecule has 4 nitrogen and oxygen atoms in total. The van der Waals surface area contributed by atoms with Gasteiger partial charge in [-0.15, -0.1) is 0 Å². The van der Waals surface area contributed by atoms with Gasteiger partial charge in [0.2, 0.25) is 5.88 Å². The van der Waals surface area contributed by atoms with E-state index < -0.39 is 17.6 Å². The van der Waals surface area contributed by atoms with Crippen molar-refractivity contribution in [1.82, 2.24) is 4.98 Å². The summed E-state index contributed by atoms with van der Waals surface area (Å²) in [6.07, 6.45) is 3.86. The van der Waals surface area contributed by atoms with Gasteiger partial charge in [-0.3, -0.25) is 0 Å². The molecule has 1 aromatic carbocycles. The highest BCUT2D eigenvalue weighted by atomic mass is 19.1. The summed E-state index contributed by atoms with van der Waals surface area (Å²) in [5, 5.41) is 0. The van der Waals surface area contributed by atoms with Gasteiger partial charge < -0.3 is 9.47 Å². The van der Waals surface area contributed by atoms with Crippen LogP contribution in [0.4, 0.5) is 8.78 Å². The molecule has 1 saturated carbocycles. The number of aromatic nitrogens is 1. The topological polar surface area (TPSA) is 48.4 Å². The molecule has 1 atom stereocenters. The maximum Gasteiger partial charge on any atom is 0.357 e. The van der Waals surface area contributed by atoms with E-state index in [4.69, 9.17) is 9.47 Å². The second-order valence-corrected chi connectivity index (χ2v) is 6.72. The Morgan fingerprint density at radius 2 is 2.04 bits per heavy atom. The van der Waals surface area contributed by atoms with Crippen molar-refractivity contribution in [3.8, 4) is 17.0 Å². The van der Waals surface area contributed by atoms with Gasteiger partial charge in [-0.25, -0.2) is 18.6 Å². The minimum Gasteiger partial charge on any atom is -0.474 e. The molecule has 2 aliphatic rings. The highest BCUT2D eigenvalue weighted by molar-refractivity contribution is 5.90. The number of esters is 1. The fourth-order valence-corrected chi connectivity index (χ4v) is 3.43. The number of pyridine rings is 1. The molecule has 2 aromatic rings. The molecule has 136 valence electrons. The van der Waals surface area contributed by atoms with E-state index in [1.165, 1.54) is 18.2 Å². The van der Waals surface area contributed by atoms with E-state index in [-0.39, 0.29) is 24.0 Å². The smallest absolute Gasteiger partial charge is 0.357 e. The summed E-state index contributed by atoms with van der Waals surface area (Å²) in [4.78, 5) is 16.5. The van der Waals surface area contributed by atoms with Crippen molar-refractivity contribution in [2.45, 2.75) is 38.7 Å². The summed E-state index contributed by atoms with van der Waals surface area (Å²) in [5.41, 5.74) is 1.55. The Bertz CT molecular complexity index is 864. The van der Waals surface area contributed by atoms with Gasteiger partial charge in [0.25, 0.3) is 0 Å². The monoisotopic (exact) mass is 359 g/mol. The first-order valence-electron chi connectivity index (χ1n) is 8.90. The Morgan fingerprint density at radius 1 is 1.23 bits per heavy atom. The van der Waals surface area contributed by atoms with Gasteiger partial charge in [-0.2, -0.15) is 0 Å². The third kappa shape index (κ3) is 3.16. The number of fused-ring (bicyclic) bond motifs is 1. The summed E-state index contributed by atoms with van der Waals surface area (Å²) in [6, 6.07) is 4.92. The number of benzene rings is 1. The maximum absolute atomic E-state index is 14.4. The van der Waals surface area contributed by atoms with E-state index in [1.54, 1.807) is 6.92 Å². The molecule has 26 heavy (non-hydrogen) atoms. The van der Waals surface area contributed by atoms with Crippen LogP contribution in [-0.4, -0.2) is 23.7 Å². The molecule has 2 heterocycles. The zero-order valence-corrected chi connectivity index (χ0v) is 14.4. The van der Waals surface area contributed by atoms with Crippen LogP contribution in [0.2, 0.25) is 0 Å². The van der Waals surface area contributed by atoms with Gasteiger partial charge in [0.05, 0.1) is 6.61 Å². The molecule has 0 N–H and O–H groups in total. The number of hydrogen-bond donors (Lipinski definition) is 0. The summed E-state index contributed by atoms with van der Waals surface area (Å²) in [6.45, 7) is 1.92. The molecule has 1 aliphatic heterocycles. The minimum absolute atomic E-state index is 0.0702. The number of carbonyl (C=O) groups excluding carboxylic acids is 1. The van der Waals surface area contributed by atoms with Crippen molar-refractivity contribution >= 4 is 5.97 Å². The van der Waals surface area contributed by atoms with Gasteiger partial charge in [0.1, 0.15) is 17.7 Å². The van der Waals surface area contributed by atoms with Crippen molar-refractivity contribution in [3.05, 3.63) is 47.2 Å². The van der Waals surface area contributed by atoms with Gasteiger partial charge in [0, 0.05) is 17.2 Å². The first kappa shape index (κ1) is 16.9. The van der Waals surface area contributed by atoms with Crippen molar-refractivity contribution in [2.24, 2.45) is 5.92 Å². The van der Waals surface area contributed by atoms with Crippen LogP contribution >= 0.6 is 0 Å². The molecule has 0 amide bonds. The molecular weight excluding hydrogens is 340 g/mol. The predicted octanol–water partition coefficient (Wildman–Crippen LogP) is 4.31. The molecular formula is C20H19F2NO3. The summed E-state index contributed by atoms with van der Waals surface area (Å²) >= 11 is 0. The van der Waals surface area contributed by atoms with Crippen LogP contribution in [0, 0.1) is 17.6 Å². The Morgan fingerprint density at radius 3 is 2.73 bits per heavy atom. The zero-order valence-electron chi connectivity index (χ0n) is 14.4. The second kappa shape index (κ2) is 6.67. The highest BCUT2D eigenvalue weighted by Crippen LogP contribution is 2.43. The molecule has 0 spiro atoms. The number of hydrogen-bond acceptors (Lipinski definition) is 4. The van der Waals surface area contributed by atoms with Crippen molar-refractivity contribution < 1.29 is 23.0 Å². The van der Waals surface area contributed by atoms with Crippen LogP contribution in [0.1, 0.15) is 42.2 Å². The zero-order chi connectivity index (χ0) is 18.3. The average Bonchev–Trinajstić information content (AvgIpc) is 3.46. The molecule has 1 aliphatic carbocycles. The third-order valence-electron chi connectivity index (χ3n) is 4.88. The quantitative estimate of drug-likeness (QED) is 0.764. The van der Waals surface area contributed by atoms with E-state index in [9.17, 15) is 13.6 Å². The third-order valence-corrected chi connectivity index (χ3v) is 4.88. The number of rotatable bonds is 4. The van der Waals surface area contributed by atoms with Crippen LogP contribution in [0.25, 0.3) is 11.1 Å². The molecule has 0 unspecified atom stereocenters. The standard InChI is InChI=1S/C20H19F2NO3/c1-2-25-20(24)17-10-15(13-6-5-12(21)9-16(13)22)14-7-8-18(11-3-4-11)26-19(14)23-17/h5-6,9-11,18H,2-4,7-8H2,1H3/t18-/m1/s1. The average molecular weight is 359 g/mol. The lowest BCUT2D eigenvalue weighted by atomic mass is 9.93. The van der Waals surface area contributed by atoms with Crippen LogP contribution in [-0.2, 0) is 11.2 Å². The van der Waals surface area contributed by atoms with Crippen LogP contribution in [0.15, 0.2) is 24.3 Å². The van der Waals surface area contributed by atoms with Crippen LogP contribution in [0.3, 0.4) is 0 Å². The van der Waals surface area contributed by atoms with E-state index in [0.29, 0.717) is 23.8 Å². The van der Waals surface area contributed by atoms with Gasteiger partial charge >= 0.3 is 5.97 Å². The lowest BCUT2D eigenvalue weighted by Crippen LogP contribution is -2.26. The summed E-state index contributed by atoms with van der Waals surface area (Å²) in [7, 11) is 0. The van der Waals surface area contributed by atoms with Gasteiger partial charge in [0.15, 0.2) is 5.69 Å². The van der Waals surface area contributed by atoms with Crippen LogP contribution < -0.4 is 4.74 Å². The molecule has 0 saturated heterocycles. The number of ether oxygens (including phenoxy) is 2. The Labute approximate surface area is 150 Å². The first-order chi connectivity index (χ1) is 12.6. The molecule has 6 heteroatoms. The molecule has 0 radical (unpaired) electrons. The fourth-order valence-electron chi connectivity index (χ4n) is 3.43. The largest absolute Gasteiger partial charge is 0.474 e. The highest BCUT2D eigenvalue weighted by Gasteiger charge is 2.37. The van der Waals surface area contributed by atoms with Crippen molar-refractivity contribution in [3.63, 3.8) is 0 Å². The molecule has 0 bridgehead atoms. The van der Waals surface area contributed by atoms with E-state index >= 15 is 0 Å². The Balaban J connectivity index is 1.82. The van der Waals surface area contributed by atoms with E-state index in [0.717, 1.165) is 30.9 Å². The summed E-state index contributed by atoms with van der Waals surface area (Å²) in [5.74, 6) is -1.03. The van der Waals surface area contributed by atoms with Gasteiger partial charge in [-0.1, -0.05) is 0 Å². The number of halogens is 2. The van der Waals surface area contributed by atoms with E-state index in [2.05, 4.69) is 4.98 Å². The minimum atomic E-state index is -0.683. The maximum atomic E-state index is 14.4. The Hall–Kier alpha value is -2.50. The first-order valence-corrected chi connectivity index (χ1v) is 8.90. The SMILES string of the molecule is CCOC(=O)c1cc(-c2ccc(F)cc2F)c2c(n1)O[C@@H](C1CC1)CC2. The molecule has 1 fully saturated rings. The normalized spacial score (nSPS) is 18.8. The van der Waals surface area contributed by atoms with Crippen molar-refractivity contribution in [2.75, 3.05) is 6.61 Å². The second-order valence-electron chi connectivity index (χ2n) is 6.72.